The topological polar surface area (TPSA) is 26.3 Å². The van der Waals surface area contributed by atoms with Crippen molar-refractivity contribution >= 4 is 5.97 Å². The second-order valence-corrected chi connectivity index (χ2v) is 11.5. The number of rotatable bonds is 31. The van der Waals surface area contributed by atoms with Gasteiger partial charge in [-0.25, -0.2) is 0 Å². The Labute approximate surface area is 234 Å². The molecule has 0 aromatic carbocycles. The van der Waals surface area contributed by atoms with Gasteiger partial charge in [-0.15, -0.1) is 0 Å². The highest BCUT2D eigenvalue weighted by atomic mass is 16.5. The Bertz CT molecular complexity index is 456. The molecule has 0 fully saturated rings. The molecule has 0 unspecified atom stereocenters. The molecule has 0 aromatic rings. The Balaban J connectivity index is 3.11. The Kier molecular flexibility index (Phi) is 32.5. The molecule has 0 bridgehead atoms. The van der Waals surface area contributed by atoms with Crippen molar-refractivity contribution in [1.82, 2.24) is 0 Å². The third kappa shape index (κ3) is 33.2. The molecule has 0 spiro atoms. The summed E-state index contributed by atoms with van der Waals surface area (Å²) < 4.78 is 5.34. The van der Waals surface area contributed by atoms with Crippen molar-refractivity contribution in [2.75, 3.05) is 6.61 Å². The highest BCUT2D eigenvalue weighted by molar-refractivity contribution is 5.69. The first-order valence-electron chi connectivity index (χ1n) is 17.1. The Morgan fingerprint density at radius 2 is 0.838 bits per heavy atom. The van der Waals surface area contributed by atoms with Crippen LogP contribution >= 0.6 is 0 Å². The number of ether oxygens (including phenoxy) is 1. The minimum absolute atomic E-state index is 0.00672. The summed E-state index contributed by atoms with van der Waals surface area (Å²) in [4.78, 5) is 11.8. The maximum Gasteiger partial charge on any atom is 0.305 e. The van der Waals surface area contributed by atoms with Gasteiger partial charge in [0, 0.05) is 6.42 Å². The van der Waals surface area contributed by atoms with Gasteiger partial charge in [-0.05, 0) is 39.0 Å². The number of esters is 1. The second-order valence-electron chi connectivity index (χ2n) is 11.5. The fourth-order valence-electron chi connectivity index (χ4n) is 5.20. The summed E-state index contributed by atoms with van der Waals surface area (Å²) in [5.41, 5.74) is 0. The second kappa shape index (κ2) is 33.2. The average molecular weight is 521 g/mol. The van der Waals surface area contributed by atoms with Gasteiger partial charge in [0.2, 0.25) is 0 Å². The monoisotopic (exact) mass is 521 g/mol. The number of carbonyl (C=O) groups excluding carboxylic acids is 1. The van der Waals surface area contributed by atoms with E-state index in [0.29, 0.717) is 13.0 Å². The van der Waals surface area contributed by atoms with Gasteiger partial charge >= 0.3 is 5.97 Å². The first-order valence-corrected chi connectivity index (χ1v) is 17.1. The molecule has 2 heteroatoms. The zero-order valence-corrected chi connectivity index (χ0v) is 25.7. The van der Waals surface area contributed by atoms with Crippen LogP contribution in [-0.2, 0) is 9.53 Å². The van der Waals surface area contributed by atoms with E-state index >= 15 is 0 Å². The lowest BCUT2D eigenvalue weighted by Crippen LogP contribution is -2.05. The Hall–Kier alpha value is -0.790. The van der Waals surface area contributed by atoms with Crippen LogP contribution in [-0.4, -0.2) is 12.6 Å². The predicted molar refractivity (Wildman–Crippen MR) is 165 cm³/mol. The lowest BCUT2D eigenvalue weighted by Gasteiger charge is -2.05. The highest BCUT2D eigenvalue weighted by Crippen LogP contribution is 2.16. The fraction of sp³-hybridized carbons (Fsp3) is 0.914. The third-order valence-electron chi connectivity index (χ3n) is 7.75. The molecule has 0 heterocycles. The van der Waals surface area contributed by atoms with Gasteiger partial charge < -0.3 is 4.74 Å². The quantitative estimate of drug-likeness (QED) is 0.0516. The van der Waals surface area contributed by atoms with Crippen molar-refractivity contribution in [3.05, 3.63) is 12.2 Å². The molecule has 0 aliphatic heterocycles. The summed E-state index contributed by atoms with van der Waals surface area (Å²) in [6.45, 7) is 4.96. The van der Waals surface area contributed by atoms with Crippen LogP contribution in [0.3, 0.4) is 0 Å². The summed E-state index contributed by atoms with van der Waals surface area (Å²) >= 11 is 0. The van der Waals surface area contributed by atoms with Crippen LogP contribution in [0.5, 0.6) is 0 Å². The molecule has 0 rings (SSSR count). The number of unbranched alkanes of at least 4 members (excludes halogenated alkanes) is 26. The van der Waals surface area contributed by atoms with Gasteiger partial charge in [-0.1, -0.05) is 167 Å². The molecule has 0 saturated heterocycles. The summed E-state index contributed by atoms with van der Waals surface area (Å²) in [5.74, 6) is 0.00672. The molecular weight excluding hydrogens is 452 g/mol. The average Bonchev–Trinajstić information content (AvgIpc) is 2.90. The molecule has 2 nitrogen and oxygen atoms in total. The van der Waals surface area contributed by atoms with Crippen molar-refractivity contribution in [2.45, 2.75) is 200 Å². The van der Waals surface area contributed by atoms with Gasteiger partial charge in [0.15, 0.2) is 0 Å². The molecule has 0 amide bonds. The maximum absolute atomic E-state index is 11.8. The van der Waals surface area contributed by atoms with E-state index in [0.717, 1.165) is 25.7 Å². The molecular formula is C35H68O2. The largest absolute Gasteiger partial charge is 0.466 e. The van der Waals surface area contributed by atoms with Crippen LogP contribution in [0, 0.1) is 0 Å². The van der Waals surface area contributed by atoms with E-state index in [1.807, 2.05) is 0 Å². The van der Waals surface area contributed by atoms with E-state index in [4.69, 9.17) is 4.74 Å². The normalized spacial score (nSPS) is 11.5. The van der Waals surface area contributed by atoms with Crippen LogP contribution in [0.1, 0.15) is 200 Å². The van der Waals surface area contributed by atoms with Crippen molar-refractivity contribution in [2.24, 2.45) is 0 Å². The highest BCUT2D eigenvalue weighted by Gasteiger charge is 2.02. The van der Waals surface area contributed by atoms with Gasteiger partial charge in [-0.2, -0.15) is 0 Å². The molecule has 0 saturated carbocycles. The first kappa shape index (κ1) is 36.2. The molecule has 0 atom stereocenters. The van der Waals surface area contributed by atoms with Crippen molar-refractivity contribution < 1.29 is 9.53 Å². The van der Waals surface area contributed by atoms with Crippen LogP contribution in [0.25, 0.3) is 0 Å². The van der Waals surface area contributed by atoms with Crippen molar-refractivity contribution in [3.63, 3.8) is 0 Å². The number of hydrogen-bond donors (Lipinski definition) is 0. The molecule has 0 N–H and O–H groups in total. The Morgan fingerprint density at radius 1 is 0.486 bits per heavy atom. The van der Waals surface area contributed by atoms with E-state index in [9.17, 15) is 4.79 Å². The fourth-order valence-corrected chi connectivity index (χ4v) is 5.20. The SMILES string of the molecule is C/C=C/CCCCCOC(=O)CCCCCCCCCCCCCCCCCCCCCCCCCC. The summed E-state index contributed by atoms with van der Waals surface area (Å²) in [6, 6.07) is 0. The number of hydrogen-bond acceptors (Lipinski definition) is 2. The minimum Gasteiger partial charge on any atom is -0.466 e. The van der Waals surface area contributed by atoms with Gasteiger partial charge in [0.25, 0.3) is 0 Å². The van der Waals surface area contributed by atoms with E-state index in [1.165, 1.54) is 154 Å². The molecule has 0 aromatic heterocycles. The van der Waals surface area contributed by atoms with Crippen LogP contribution < -0.4 is 0 Å². The first-order chi connectivity index (χ1) is 18.3. The van der Waals surface area contributed by atoms with Crippen molar-refractivity contribution in [1.29, 1.82) is 0 Å². The summed E-state index contributed by atoms with van der Waals surface area (Å²) in [5, 5.41) is 0. The summed E-state index contributed by atoms with van der Waals surface area (Å²) in [7, 11) is 0. The predicted octanol–water partition coefficient (Wildman–Crippen LogP) is 12.4. The molecule has 37 heavy (non-hydrogen) atoms. The lowest BCUT2D eigenvalue weighted by atomic mass is 10.0. The van der Waals surface area contributed by atoms with Crippen LogP contribution in [0.15, 0.2) is 12.2 Å². The zero-order valence-electron chi connectivity index (χ0n) is 25.7. The minimum atomic E-state index is 0.00672. The molecule has 220 valence electrons. The maximum atomic E-state index is 11.8. The Morgan fingerprint density at radius 3 is 1.22 bits per heavy atom. The van der Waals surface area contributed by atoms with E-state index in [-0.39, 0.29) is 5.97 Å². The molecule has 0 radical (unpaired) electrons. The van der Waals surface area contributed by atoms with Gasteiger partial charge in [-0.3, -0.25) is 4.79 Å². The summed E-state index contributed by atoms with van der Waals surface area (Å²) in [6.07, 6.45) is 43.1. The smallest absolute Gasteiger partial charge is 0.305 e. The van der Waals surface area contributed by atoms with Gasteiger partial charge in [0.05, 0.1) is 6.61 Å². The van der Waals surface area contributed by atoms with Crippen molar-refractivity contribution in [3.8, 4) is 0 Å². The van der Waals surface area contributed by atoms with Gasteiger partial charge in [0.1, 0.15) is 0 Å². The third-order valence-corrected chi connectivity index (χ3v) is 7.75. The number of allylic oxidation sites excluding steroid dienone is 2. The molecule has 0 aliphatic carbocycles. The van der Waals surface area contributed by atoms with E-state index in [1.54, 1.807) is 0 Å². The van der Waals surface area contributed by atoms with Crippen LogP contribution in [0.4, 0.5) is 0 Å². The van der Waals surface area contributed by atoms with Crippen LogP contribution in [0.2, 0.25) is 0 Å². The number of carbonyl (C=O) groups is 1. The lowest BCUT2D eigenvalue weighted by molar-refractivity contribution is -0.143. The van der Waals surface area contributed by atoms with E-state index < -0.39 is 0 Å². The standard InChI is InChI=1S/C35H68O2/c1-3-5-7-9-11-12-13-14-15-16-17-18-19-20-21-22-23-24-25-26-27-28-29-31-33-35(36)37-34-32-30-10-8-6-4-2/h4,6H,3,5,7-34H2,1-2H3/b6-4+. The van der Waals surface area contributed by atoms with E-state index in [2.05, 4.69) is 26.0 Å². The molecule has 0 aliphatic rings. The zero-order chi connectivity index (χ0) is 26.9.